The predicted molar refractivity (Wildman–Crippen MR) is 165 cm³/mol. The van der Waals surface area contributed by atoms with Crippen molar-refractivity contribution < 1.29 is 19.4 Å². The number of nitrogens with one attached hydrogen (secondary N) is 1. The fraction of sp³-hybridized carbons (Fsp3) is 0.400. The summed E-state index contributed by atoms with van der Waals surface area (Å²) in [5.74, 6) is -0.261. The third-order valence-corrected chi connectivity index (χ3v) is 8.41. The van der Waals surface area contributed by atoms with E-state index in [1.165, 1.54) is 38.3 Å². The average Bonchev–Trinajstić information content (AvgIpc) is 3.04. The van der Waals surface area contributed by atoms with E-state index < -0.39 is 6.29 Å². The maximum absolute atomic E-state index is 12.8. The highest BCUT2D eigenvalue weighted by molar-refractivity contribution is 5.93. The number of fused-ring (bicyclic) bond motifs is 1. The predicted octanol–water partition coefficient (Wildman–Crippen LogP) is 5.86. The van der Waals surface area contributed by atoms with Gasteiger partial charge in [-0.25, -0.2) is 4.98 Å². The normalized spacial score (nSPS) is 21.7. The Morgan fingerprint density at radius 3 is 2.26 bits per heavy atom. The number of benzene rings is 3. The molecule has 2 aliphatic rings. The molecular weight excluding hydrogens is 540 g/mol. The van der Waals surface area contributed by atoms with Crippen molar-refractivity contribution in [2.24, 2.45) is 0 Å². The van der Waals surface area contributed by atoms with Crippen LogP contribution in [-0.4, -0.2) is 51.6 Å². The molecule has 224 valence electrons. The Balaban J connectivity index is 1.12. The number of hydrogen-bond donors (Lipinski definition) is 2. The van der Waals surface area contributed by atoms with Gasteiger partial charge in [-0.3, -0.25) is 9.78 Å². The van der Waals surface area contributed by atoms with E-state index in [-0.39, 0.29) is 24.7 Å². The van der Waals surface area contributed by atoms with E-state index in [9.17, 15) is 9.90 Å². The standard InChI is InChI=1S/C35H40N4O4/c40-24-26-12-14-27(15-13-26)33-20-29(23-39-18-6-2-1-3-7-19-39)42-35(43-33)28-16-10-25(11-17-28)21-37-34(41)32-22-36-30-8-4-5-9-31(30)38-32/h4-5,8-17,22,29,33,35,40H,1-3,6-7,18-21,23-24H2,(H,37,41)/t29-,33+,35+/m0/s1. The summed E-state index contributed by atoms with van der Waals surface area (Å²) in [4.78, 5) is 24.1. The molecule has 0 unspecified atom stereocenters. The largest absolute Gasteiger partial charge is 0.392 e. The molecular formula is C35H40N4O4. The maximum Gasteiger partial charge on any atom is 0.271 e. The number of para-hydroxylation sites is 2. The highest BCUT2D eigenvalue weighted by atomic mass is 16.7. The minimum atomic E-state index is -0.493. The molecule has 3 aromatic carbocycles. The number of aliphatic hydroxyl groups is 1. The third kappa shape index (κ3) is 7.64. The number of carbonyl (C=O) groups excluding carboxylic acids is 1. The zero-order valence-corrected chi connectivity index (χ0v) is 24.5. The number of nitrogens with zero attached hydrogens (tertiary/aromatic N) is 3. The molecule has 0 bridgehead atoms. The van der Waals surface area contributed by atoms with Crippen LogP contribution in [0.4, 0.5) is 0 Å². The number of carbonyl (C=O) groups is 1. The smallest absolute Gasteiger partial charge is 0.271 e. The molecule has 2 saturated heterocycles. The van der Waals surface area contributed by atoms with Gasteiger partial charge in [-0.1, -0.05) is 79.9 Å². The second kappa shape index (κ2) is 14.2. The maximum atomic E-state index is 12.8. The van der Waals surface area contributed by atoms with Crippen molar-refractivity contribution in [1.29, 1.82) is 0 Å². The van der Waals surface area contributed by atoms with Crippen molar-refractivity contribution in [2.75, 3.05) is 19.6 Å². The SMILES string of the molecule is O=C(NCc1ccc([C@@H]2O[C@H](CN3CCCCCCC3)C[C@H](c3ccc(CO)cc3)O2)cc1)c1cnc2ccccc2n1. The van der Waals surface area contributed by atoms with Gasteiger partial charge in [0.2, 0.25) is 0 Å². The lowest BCUT2D eigenvalue weighted by atomic mass is 9.99. The summed E-state index contributed by atoms with van der Waals surface area (Å²) >= 11 is 0. The summed E-state index contributed by atoms with van der Waals surface area (Å²) in [5, 5.41) is 12.4. The van der Waals surface area contributed by atoms with Crippen LogP contribution in [0.5, 0.6) is 0 Å². The first-order valence-electron chi connectivity index (χ1n) is 15.5. The Kier molecular flexibility index (Phi) is 9.70. The van der Waals surface area contributed by atoms with Crippen molar-refractivity contribution in [3.8, 4) is 0 Å². The number of aromatic nitrogens is 2. The minimum absolute atomic E-state index is 0.0254. The van der Waals surface area contributed by atoms with Crippen molar-refractivity contribution in [3.05, 3.63) is 107 Å². The number of amides is 1. The van der Waals surface area contributed by atoms with Crippen molar-refractivity contribution in [2.45, 2.75) is 70.2 Å². The second-order valence-electron chi connectivity index (χ2n) is 11.6. The van der Waals surface area contributed by atoms with E-state index in [1.54, 1.807) is 0 Å². The van der Waals surface area contributed by atoms with Gasteiger partial charge in [0.1, 0.15) is 5.69 Å². The molecule has 2 N–H and O–H groups in total. The van der Waals surface area contributed by atoms with Crippen LogP contribution in [0.15, 0.2) is 79.0 Å². The van der Waals surface area contributed by atoms with Gasteiger partial charge in [-0.05, 0) is 54.8 Å². The van der Waals surface area contributed by atoms with Crippen LogP contribution in [0.1, 0.15) is 83.7 Å². The number of hydrogen-bond acceptors (Lipinski definition) is 7. The van der Waals surface area contributed by atoms with Gasteiger partial charge < -0.3 is 24.8 Å². The van der Waals surface area contributed by atoms with Crippen LogP contribution in [0.25, 0.3) is 11.0 Å². The molecule has 0 spiro atoms. The lowest BCUT2D eigenvalue weighted by Crippen LogP contribution is -2.40. The Morgan fingerprint density at radius 2 is 1.51 bits per heavy atom. The number of likely N-dealkylation sites (tertiary alicyclic amines) is 1. The van der Waals surface area contributed by atoms with E-state index in [0.717, 1.165) is 53.8 Å². The topological polar surface area (TPSA) is 96.8 Å². The Bertz CT molecular complexity index is 1490. The van der Waals surface area contributed by atoms with Crippen LogP contribution in [-0.2, 0) is 22.6 Å². The summed E-state index contributed by atoms with van der Waals surface area (Å²) in [6, 6.07) is 23.6. The van der Waals surface area contributed by atoms with E-state index in [1.807, 2.05) is 60.7 Å². The molecule has 0 aliphatic carbocycles. The van der Waals surface area contributed by atoms with Crippen molar-refractivity contribution in [3.63, 3.8) is 0 Å². The van der Waals surface area contributed by atoms with Gasteiger partial charge in [-0.15, -0.1) is 0 Å². The van der Waals surface area contributed by atoms with Crippen LogP contribution in [0.3, 0.4) is 0 Å². The average molecular weight is 581 g/mol. The van der Waals surface area contributed by atoms with E-state index >= 15 is 0 Å². The molecule has 2 aliphatic heterocycles. The van der Waals surface area contributed by atoms with Crippen LogP contribution in [0.2, 0.25) is 0 Å². The molecule has 1 aromatic heterocycles. The van der Waals surface area contributed by atoms with Crippen LogP contribution in [0, 0.1) is 0 Å². The molecule has 43 heavy (non-hydrogen) atoms. The summed E-state index contributed by atoms with van der Waals surface area (Å²) in [6.45, 7) is 3.53. The molecule has 0 radical (unpaired) electrons. The number of rotatable bonds is 8. The molecule has 3 atom stereocenters. The first kappa shape index (κ1) is 29.4. The first-order valence-corrected chi connectivity index (χ1v) is 15.5. The summed E-state index contributed by atoms with van der Waals surface area (Å²) < 4.78 is 13.1. The highest BCUT2D eigenvalue weighted by Gasteiger charge is 2.33. The van der Waals surface area contributed by atoms with Crippen molar-refractivity contribution in [1.82, 2.24) is 20.2 Å². The van der Waals surface area contributed by atoms with Gasteiger partial charge in [0.15, 0.2) is 6.29 Å². The molecule has 4 aromatic rings. The molecule has 3 heterocycles. The van der Waals surface area contributed by atoms with Crippen LogP contribution >= 0.6 is 0 Å². The molecule has 1 amide bonds. The minimum Gasteiger partial charge on any atom is -0.392 e. The zero-order chi connectivity index (χ0) is 29.4. The molecule has 0 saturated carbocycles. The zero-order valence-electron chi connectivity index (χ0n) is 24.5. The number of aliphatic hydroxyl groups excluding tert-OH is 1. The molecule has 2 fully saturated rings. The Labute approximate surface area is 253 Å². The lowest BCUT2D eigenvalue weighted by Gasteiger charge is -2.38. The summed E-state index contributed by atoms with van der Waals surface area (Å²) in [5.41, 5.74) is 5.65. The number of ether oxygens (including phenoxy) is 2. The highest BCUT2D eigenvalue weighted by Crippen LogP contribution is 2.38. The Morgan fingerprint density at radius 1 is 0.837 bits per heavy atom. The van der Waals surface area contributed by atoms with Gasteiger partial charge >= 0.3 is 0 Å². The van der Waals surface area contributed by atoms with Gasteiger partial charge in [0.05, 0.1) is 36.0 Å². The van der Waals surface area contributed by atoms with Crippen molar-refractivity contribution >= 4 is 16.9 Å². The quantitative estimate of drug-likeness (QED) is 0.269. The summed E-state index contributed by atoms with van der Waals surface area (Å²) in [6.07, 6.45) is 8.17. The van der Waals surface area contributed by atoms with Crippen LogP contribution < -0.4 is 5.32 Å². The van der Waals surface area contributed by atoms with Gasteiger partial charge in [-0.2, -0.15) is 0 Å². The monoisotopic (exact) mass is 580 g/mol. The van der Waals surface area contributed by atoms with Gasteiger partial charge in [0.25, 0.3) is 5.91 Å². The molecule has 8 nitrogen and oxygen atoms in total. The summed E-state index contributed by atoms with van der Waals surface area (Å²) in [7, 11) is 0. The molecule has 6 rings (SSSR count). The Hall–Kier alpha value is -3.69. The second-order valence-corrected chi connectivity index (χ2v) is 11.6. The lowest BCUT2D eigenvalue weighted by molar-refractivity contribution is -0.253. The van der Waals surface area contributed by atoms with Gasteiger partial charge in [0, 0.05) is 25.1 Å². The third-order valence-electron chi connectivity index (χ3n) is 8.41. The molecule has 8 heteroatoms. The first-order chi connectivity index (χ1) is 21.1. The van der Waals surface area contributed by atoms with E-state index in [4.69, 9.17) is 9.47 Å². The van der Waals surface area contributed by atoms with E-state index in [2.05, 4.69) is 32.3 Å². The fourth-order valence-corrected chi connectivity index (χ4v) is 5.95. The van der Waals surface area contributed by atoms with E-state index in [0.29, 0.717) is 17.8 Å². The fourth-order valence-electron chi connectivity index (χ4n) is 5.95.